The highest BCUT2D eigenvalue weighted by atomic mass is 16.5. The molecule has 7 nitrogen and oxygen atoms in total. The van der Waals surface area contributed by atoms with Gasteiger partial charge in [0.1, 0.15) is 11.6 Å². The molecule has 2 N–H and O–H groups in total. The molecular weight excluding hydrogens is 442 g/mol. The maximum Gasteiger partial charge on any atom is 0.266 e. The SMILES string of the molecule is COc1cc(/C=C(\C#N)C(=O)Nc2cccc(C)c2)ccc1OCC(=O)Nc1cccc(C)c1C. The number of amides is 2. The number of carbonyl (C=O) groups is 2. The van der Waals surface area contributed by atoms with Crippen molar-refractivity contribution in [3.8, 4) is 17.6 Å². The van der Waals surface area contributed by atoms with Gasteiger partial charge in [0.05, 0.1) is 7.11 Å². The summed E-state index contributed by atoms with van der Waals surface area (Å²) in [5.74, 6) is -0.0806. The van der Waals surface area contributed by atoms with Gasteiger partial charge in [-0.25, -0.2) is 0 Å². The van der Waals surface area contributed by atoms with E-state index in [0.717, 1.165) is 22.4 Å². The number of nitriles is 1. The molecule has 0 radical (unpaired) electrons. The lowest BCUT2D eigenvalue weighted by Crippen LogP contribution is -2.21. The average molecular weight is 470 g/mol. The van der Waals surface area contributed by atoms with E-state index in [-0.39, 0.29) is 18.1 Å². The minimum absolute atomic E-state index is 0.0601. The van der Waals surface area contributed by atoms with Gasteiger partial charge in [-0.15, -0.1) is 0 Å². The maximum absolute atomic E-state index is 12.6. The van der Waals surface area contributed by atoms with E-state index < -0.39 is 5.91 Å². The highest BCUT2D eigenvalue weighted by molar-refractivity contribution is 6.09. The van der Waals surface area contributed by atoms with Crippen molar-refractivity contribution in [1.82, 2.24) is 0 Å². The Morgan fingerprint density at radius 3 is 2.46 bits per heavy atom. The van der Waals surface area contributed by atoms with Crippen LogP contribution >= 0.6 is 0 Å². The van der Waals surface area contributed by atoms with Crippen LogP contribution in [0.1, 0.15) is 22.3 Å². The number of aryl methyl sites for hydroxylation is 2. The van der Waals surface area contributed by atoms with Gasteiger partial charge in [-0.3, -0.25) is 9.59 Å². The Hall–Kier alpha value is -4.57. The number of hydrogen-bond acceptors (Lipinski definition) is 5. The van der Waals surface area contributed by atoms with Crippen molar-refractivity contribution in [3.63, 3.8) is 0 Å². The number of methoxy groups -OCH3 is 1. The van der Waals surface area contributed by atoms with Gasteiger partial charge in [0, 0.05) is 11.4 Å². The second-order valence-corrected chi connectivity index (χ2v) is 7.99. The number of nitrogens with zero attached hydrogens (tertiary/aromatic N) is 1. The van der Waals surface area contributed by atoms with Crippen molar-refractivity contribution in [2.45, 2.75) is 20.8 Å². The van der Waals surface area contributed by atoms with Crippen LogP contribution in [-0.4, -0.2) is 25.5 Å². The van der Waals surface area contributed by atoms with Gasteiger partial charge in [0.2, 0.25) is 0 Å². The molecular formula is C28H27N3O4. The fourth-order valence-corrected chi connectivity index (χ4v) is 3.35. The Labute approximate surface area is 205 Å². The molecule has 0 saturated carbocycles. The van der Waals surface area contributed by atoms with Crippen LogP contribution in [0.2, 0.25) is 0 Å². The van der Waals surface area contributed by atoms with Gasteiger partial charge in [-0.1, -0.05) is 30.3 Å². The second kappa shape index (κ2) is 11.5. The first-order chi connectivity index (χ1) is 16.8. The molecule has 0 aliphatic rings. The minimum atomic E-state index is -0.513. The zero-order chi connectivity index (χ0) is 25.4. The molecule has 0 atom stereocenters. The number of anilines is 2. The Morgan fingerprint density at radius 2 is 1.74 bits per heavy atom. The Morgan fingerprint density at radius 1 is 0.971 bits per heavy atom. The van der Waals surface area contributed by atoms with Gasteiger partial charge in [0.15, 0.2) is 18.1 Å². The van der Waals surface area contributed by atoms with E-state index in [2.05, 4.69) is 10.6 Å². The first-order valence-electron chi connectivity index (χ1n) is 11.0. The lowest BCUT2D eigenvalue weighted by atomic mass is 10.1. The standard InChI is InChI=1S/C28H27N3O4/c1-18-7-5-9-23(13-18)30-28(33)22(16-29)14-21-11-12-25(26(15-21)34-4)35-17-27(32)31-24-10-6-8-19(2)20(24)3/h5-15H,17H2,1-4H3,(H,30,33)(H,31,32)/b22-14+. The van der Waals surface area contributed by atoms with Gasteiger partial charge >= 0.3 is 0 Å². The molecule has 178 valence electrons. The van der Waals surface area contributed by atoms with Crippen molar-refractivity contribution < 1.29 is 19.1 Å². The molecule has 0 aliphatic heterocycles. The van der Waals surface area contributed by atoms with Crippen LogP contribution in [-0.2, 0) is 9.59 Å². The van der Waals surface area contributed by atoms with E-state index in [1.54, 1.807) is 24.3 Å². The summed E-state index contributed by atoms with van der Waals surface area (Å²) in [7, 11) is 1.47. The molecule has 35 heavy (non-hydrogen) atoms. The number of rotatable bonds is 8. The lowest BCUT2D eigenvalue weighted by Gasteiger charge is -2.13. The summed E-state index contributed by atoms with van der Waals surface area (Å²) < 4.78 is 11.0. The third-order valence-electron chi connectivity index (χ3n) is 5.38. The smallest absolute Gasteiger partial charge is 0.266 e. The molecule has 3 aromatic rings. The fraction of sp³-hybridized carbons (Fsp3) is 0.179. The number of hydrogen-bond donors (Lipinski definition) is 2. The van der Waals surface area contributed by atoms with Crippen LogP contribution in [0.3, 0.4) is 0 Å². The van der Waals surface area contributed by atoms with Crippen molar-refractivity contribution in [1.29, 1.82) is 5.26 Å². The number of ether oxygens (including phenoxy) is 2. The monoisotopic (exact) mass is 469 g/mol. The quantitative estimate of drug-likeness (QED) is 0.350. The molecule has 0 aromatic heterocycles. The molecule has 2 amide bonds. The molecule has 3 rings (SSSR count). The van der Waals surface area contributed by atoms with Crippen LogP contribution in [0.5, 0.6) is 11.5 Å². The number of carbonyl (C=O) groups excluding carboxylic acids is 2. The second-order valence-electron chi connectivity index (χ2n) is 7.99. The van der Waals surface area contributed by atoms with Crippen molar-refractivity contribution in [2.24, 2.45) is 0 Å². The number of nitrogens with one attached hydrogen (secondary N) is 2. The van der Waals surface area contributed by atoms with Crippen molar-refractivity contribution in [2.75, 3.05) is 24.4 Å². The molecule has 0 bridgehead atoms. The zero-order valence-electron chi connectivity index (χ0n) is 20.1. The summed E-state index contributed by atoms with van der Waals surface area (Å²) in [6.45, 7) is 5.63. The summed E-state index contributed by atoms with van der Waals surface area (Å²) >= 11 is 0. The van der Waals surface area contributed by atoms with Crippen LogP contribution in [0, 0.1) is 32.1 Å². The first-order valence-corrected chi connectivity index (χ1v) is 11.0. The van der Waals surface area contributed by atoms with Crippen molar-refractivity contribution >= 4 is 29.3 Å². The summed E-state index contributed by atoms with van der Waals surface area (Å²) in [6, 6.07) is 19.9. The lowest BCUT2D eigenvalue weighted by molar-refractivity contribution is -0.118. The third-order valence-corrected chi connectivity index (χ3v) is 5.38. The van der Waals surface area contributed by atoms with E-state index in [0.29, 0.717) is 22.7 Å². The third kappa shape index (κ3) is 6.71. The fourth-order valence-electron chi connectivity index (χ4n) is 3.35. The molecule has 0 spiro atoms. The summed E-state index contributed by atoms with van der Waals surface area (Å²) in [5, 5.41) is 15.1. The molecule has 0 unspecified atom stereocenters. The van der Waals surface area contributed by atoms with E-state index in [4.69, 9.17) is 9.47 Å². The molecule has 7 heteroatoms. The normalized spacial score (nSPS) is 10.8. The Balaban J connectivity index is 1.69. The van der Waals surface area contributed by atoms with Crippen LogP contribution in [0.25, 0.3) is 6.08 Å². The predicted molar refractivity (Wildman–Crippen MR) is 136 cm³/mol. The largest absolute Gasteiger partial charge is 0.493 e. The zero-order valence-corrected chi connectivity index (χ0v) is 20.1. The molecule has 0 heterocycles. The summed E-state index contributed by atoms with van der Waals surface area (Å²) in [6.07, 6.45) is 1.46. The average Bonchev–Trinajstić information content (AvgIpc) is 2.84. The molecule has 0 aliphatic carbocycles. The maximum atomic E-state index is 12.6. The van der Waals surface area contributed by atoms with E-state index in [1.165, 1.54) is 13.2 Å². The molecule has 0 saturated heterocycles. The minimum Gasteiger partial charge on any atom is -0.493 e. The molecule has 3 aromatic carbocycles. The van der Waals surface area contributed by atoms with Crippen LogP contribution in [0.4, 0.5) is 11.4 Å². The van der Waals surface area contributed by atoms with E-state index >= 15 is 0 Å². The van der Waals surface area contributed by atoms with Gasteiger partial charge in [-0.05, 0) is 79.4 Å². The summed E-state index contributed by atoms with van der Waals surface area (Å²) in [4.78, 5) is 24.9. The van der Waals surface area contributed by atoms with Gasteiger partial charge in [-0.2, -0.15) is 5.26 Å². The highest BCUT2D eigenvalue weighted by Gasteiger charge is 2.13. The Bertz CT molecular complexity index is 1320. The van der Waals surface area contributed by atoms with Gasteiger partial charge in [0.25, 0.3) is 11.8 Å². The molecule has 0 fully saturated rings. The van der Waals surface area contributed by atoms with Gasteiger partial charge < -0.3 is 20.1 Å². The number of benzene rings is 3. The van der Waals surface area contributed by atoms with E-state index in [1.807, 2.05) is 63.2 Å². The van der Waals surface area contributed by atoms with Crippen LogP contribution in [0.15, 0.2) is 66.2 Å². The topological polar surface area (TPSA) is 100 Å². The summed E-state index contributed by atoms with van der Waals surface area (Å²) in [5.41, 5.74) is 4.93. The highest BCUT2D eigenvalue weighted by Crippen LogP contribution is 2.29. The first kappa shape index (κ1) is 25.1. The van der Waals surface area contributed by atoms with Crippen LogP contribution < -0.4 is 20.1 Å². The predicted octanol–water partition coefficient (Wildman–Crippen LogP) is 5.18. The van der Waals surface area contributed by atoms with Crippen molar-refractivity contribution in [3.05, 3.63) is 88.5 Å². The van der Waals surface area contributed by atoms with E-state index in [9.17, 15) is 14.9 Å². The Kier molecular flexibility index (Phi) is 8.25.